The molecule has 1 fully saturated rings. The Morgan fingerprint density at radius 3 is 2.52 bits per heavy atom. The van der Waals surface area contributed by atoms with E-state index in [-0.39, 0.29) is 30.1 Å². The molecule has 21 heavy (non-hydrogen) atoms. The standard InChI is InChI=1S/C14H26N2O5/c1-13(2)6-10(16-12(20)21-5-4-17)7-14(3,8-13)9-15-11(18)19/h10,15,17H,4-9H2,1-3H3,(H,16,20)(H,18,19). The zero-order valence-electron chi connectivity index (χ0n) is 12.9. The van der Waals surface area contributed by atoms with Gasteiger partial charge in [-0.3, -0.25) is 0 Å². The van der Waals surface area contributed by atoms with Crippen molar-refractivity contribution in [1.82, 2.24) is 10.6 Å². The van der Waals surface area contributed by atoms with Gasteiger partial charge in [-0.1, -0.05) is 20.8 Å². The normalized spacial score (nSPS) is 27.7. The van der Waals surface area contributed by atoms with Gasteiger partial charge in [-0.05, 0) is 30.1 Å². The van der Waals surface area contributed by atoms with E-state index in [1.54, 1.807) is 0 Å². The van der Waals surface area contributed by atoms with E-state index in [4.69, 9.17) is 14.9 Å². The Labute approximate surface area is 125 Å². The van der Waals surface area contributed by atoms with E-state index in [9.17, 15) is 9.59 Å². The Morgan fingerprint density at radius 1 is 1.29 bits per heavy atom. The zero-order chi connectivity index (χ0) is 16.1. The van der Waals surface area contributed by atoms with Crippen molar-refractivity contribution in [2.24, 2.45) is 10.8 Å². The molecule has 7 heteroatoms. The molecule has 0 aromatic heterocycles. The molecule has 0 aliphatic heterocycles. The molecule has 1 aliphatic rings. The van der Waals surface area contributed by atoms with Gasteiger partial charge < -0.3 is 25.6 Å². The number of carboxylic acid groups (broad SMARTS) is 1. The Kier molecular flexibility index (Phi) is 5.83. The molecular formula is C14H26N2O5. The van der Waals surface area contributed by atoms with Crippen LogP contribution in [0, 0.1) is 10.8 Å². The van der Waals surface area contributed by atoms with Crippen molar-refractivity contribution in [2.75, 3.05) is 19.8 Å². The second-order valence-electron chi connectivity index (χ2n) is 6.92. The molecule has 1 aliphatic carbocycles. The highest BCUT2D eigenvalue weighted by molar-refractivity contribution is 5.67. The highest BCUT2D eigenvalue weighted by atomic mass is 16.6. The van der Waals surface area contributed by atoms with Gasteiger partial charge in [0.25, 0.3) is 0 Å². The summed E-state index contributed by atoms with van der Waals surface area (Å²) in [6.45, 7) is 6.37. The smallest absolute Gasteiger partial charge is 0.407 e. The number of aliphatic hydroxyl groups excluding tert-OH is 1. The van der Waals surface area contributed by atoms with Gasteiger partial charge in [-0.15, -0.1) is 0 Å². The van der Waals surface area contributed by atoms with Crippen LogP contribution in [-0.2, 0) is 4.74 Å². The average Bonchev–Trinajstić information content (AvgIpc) is 2.31. The van der Waals surface area contributed by atoms with Crippen LogP contribution < -0.4 is 10.6 Å². The second kappa shape index (κ2) is 6.98. The fourth-order valence-corrected chi connectivity index (χ4v) is 3.51. The number of rotatable bonds is 5. The molecule has 0 saturated heterocycles. The molecule has 122 valence electrons. The highest BCUT2D eigenvalue weighted by Gasteiger charge is 2.42. The summed E-state index contributed by atoms with van der Waals surface area (Å²) in [6.07, 6.45) is 0.797. The van der Waals surface area contributed by atoms with Gasteiger partial charge >= 0.3 is 12.2 Å². The van der Waals surface area contributed by atoms with Crippen molar-refractivity contribution in [3.05, 3.63) is 0 Å². The first-order valence-corrected chi connectivity index (χ1v) is 7.17. The number of hydrogen-bond acceptors (Lipinski definition) is 4. The SMILES string of the molecule is CC1(C)CC(NC(=O)OCCO)CC(C)(CNC(=O)O)C1. The summed E-state index contributed by atoms with van der Waals surface area (Å²) >= 11 is 0. The van der Waals surface area contributed by atoms with E-state index >= 15 is 0 Å². The first-order valence-electron chi connectivity index (χ1n) is 7.17. The van der Waals surface area contributed by atoms with Crippen molar-refractivity contribution in [2.45, 2.75) is 46.1 Å². The van der Waals surface area contributed by atoms with E-state index in [1.165, 1.54) is 0 Å². The summed E-state index contributed by atoms with van der Waals surface area (Å²) in [5.41, 5.74) is -0.211. The Morgan fingerprint density at radius 2 is 1.95 bits per heavy atom. The molecule has 2 unspecified atom stereocenters. The van der Waals surface area contributed by atoms with E-state index in [1.807, 2.05) is 6.92 Å². The predicted molar refractivity (Wildman–Crippen MR) is 77.1 cm³/mol. The maximum absolute atomic E-state index is 11.6. The van der Waals surface area contributed by atoms with Crippen LogP contribution in [0.5, 0.6) is 0 Å². The topological polar surface area (TPSA) is 108 Å². The van der Waals surface area contributed by atoms with Gasteiger partial charge in [-0.2, -0.15) is 0 Å². The van der Waals surface area contributed by atoms with Crippen LogP contribution in [0.4, 0.5) is 9.59 Å². The lowest BCUT2D eigenvalue weighted by Crippen LogP contribution is -2.50. The maximum atomic E-state index is 11.6. The fraction of sp³-hybridized carbons (Fsp3) is 0.857. The molecule has 0 spiro atoms. The van der Waals surface area contributed by atoms with Crippen molar-refractivity contribution >= 4 is 12.2 Å². The Bertz CT molecular complexity index is 386. The number of alkyl carbamates (subject to hydrolysis) is 1. The molecule has 0 aromatic carbocycles. The predicted octanol–water partition coefficient (Wildman–Crippen LogP) is 1.56. The quantitative estimate of drug-likeness (QED) is 0.616. The van der Waals surface area contributed by atoms with Crippen LogP contribution in [-0.4, -0.2) is 48.2 Å². The summed E-state index contributed by atoms with van der Waals surface area (Å²) in [4.78, 5) is 22.3. The third-order valence-electron chi connectivity index (χ3n) is 3.76. The monoisotopic (exact) mass is 302 g/mol. The maximum Gasteiger partial charge on any atom is 0.407 e. The van der Waals surface area contributed by atoms with Crippen LogP contribution in [0.2, 0.25) is 0 Å². The van der Waals surface area contributed by atoms with E-state index in [2.05, 4.69) is 24.5 Å². The minimum absolute atomic E-state index is 0.00209. The Hall–Kier alpha value is -1.50. The van der Waals surface area contributed by atoms with Crippen LogP contribution in [0.15, 0.2) is 0 Å². The third kappa shape index (κ3) is 6.20. The van der Waals surface area contributed by atoms with Gasteiger partial charge in [-0.25, -0.2) is 9.59 Å². The average molecular weight is 302 g/mol. The summed E-state index contributed by atoms with van der Waals surface area (Å²) in [7, 11) is 0. The first-order chi connectivity index (χ1) is 9.66. The zero-order valence-corrected chi connectivity index (χ0v) is 12.9. The largest absolute Gasteiger partial charge is 0.465 e. The molecule has 7 nitrogen and oxygen atoms in total. The summed E-state index contributed by atoms with van der Waals surface area (Å²) in [5, 5.41) is 22.7. The lowest BCUT2D eigenvalue weighted by atomic mass is 9.62. The lowest BCUT2D eigenvalue weighted by Gasteiger charge is -2.46. The number of amides is 2. The number of aliphatic hydroxyl groups is 1. The van der Waals surface area contributed by atoms with Crippen molar-refractivity contribution < 1.29 is 24.5 Å². The molecule has 4 N–H and O–H groups in total. The fourth-order valence-electron chi connectivity index (χ4n) is 3.51. The van der Waals surface area contributed by atoms with Crippen molar-refractivity contribution in [3.63, 3.8) is 0 Å². The van der Waals surface area contributed by atoms with Crippen LogP contribution in [0.3, 0.4) is 0 Å². The second-order valence-corrected chi connectivity index (χ2v) is 6.92. The van der Waals surface area contributed by atoms with Gasteiger partial charge in [0, 0.05) is 12.6 Å². The van der Waals surface area contributed by atoms with Crippen LogP contribution >= 0.6 is 0 Å². The lowest BCUT2D eigenvalue weighted by molar-refractivity contribution is 0.0619. The number of carbonyl (C=O) groups is 2. The van der Waals surface area contributed by atoms with Crippen LogP contribution in [0.25, 0.3) is 0 Å². The van der Waals surface area contributed by atoms with E-state index in [0.717, 1.165) is 12.8 Å². The van der Waals surface area contributed by atoms with Gasteiger partial charge in [0.05, 0.1) is 6.61 Å². The molecule has 2 atom stereocenters. The van der Waals surface area contributed by atoms with Gasteiger partial charge in [0.1, 0.15) is 6.61 Å². The minimum atomic E-state index is -1.04. The van der Waals surface area contributed by atoms with Crippen molar-refractivity contribution in [3.8, 4) is 0 Å². The third-order valence-corrected chi connectivity index (χ3v) is 3.76. The molecule has 0 aromatic rings. The van der Waals surface area contributed by atoms with Crippen molar-refractivity contribution in [1.29, 1.82) is 0 Å². The molecule has 1 rings (SSSR count). The van der Waals surface area contributed by atoms with E-state index < -0.39 is 12.2 Å². The van der Waals surface area contributed by atoms with Gasteiger partial charge in [0.2, 0.25) is 0 Å². The number of ether oxygens (including phenoxy) is 1. The van der Waals surface area contributed by atoms with Crippen LogP contribution in [0.1, 0.15) is 40.0 Å². The molecule has 2 amide bonds. The molecule has 1 saturated carbocycles. The molecule has 0 heterocycles. The summed E-state index contributed by atoms with van der Waals surface area (Å²) in [5.74, 6) is 0. The Balaban J connectivity index is 2.64. The minimum Gasteiger partial charge on any atom is -0.465 e. The number of carbonyl (C=O) groups excluding carboxylic acids is 1. The summed E-state index contributed by atoms with van der Waals surface area (Å²) < 4.78 is 4.82. The molecule has 0 radical (unpaired) electrons. The number of nitrogens with one attached hydrogen (secondary N) is 2. The first kappa shape index (κ1) is 17.6. The molecule has 0 bridgehead atoms. The van der Waals surface area contributed by atoms with Gasteiger partial charge in [0.15, 0.2) is 0 Å². The highest BCUT2D eigenvalue weighted by Crippen LogP contribution is 2.45. The number of hydrogen-bond donors (Lipinski definition) is 4. The summed E-state index contributed by atoms with van der Waals surface area (Å²) in [6, 6.07) is -0.0689. The van der Waals surface area contributed by atoms with E-state index in [0.29, 0.717) is 13.0 Å². The molecular weight excluding hydrogens is 276 g/mol.